The van der Waals surface area contributed by atoms with Gasteiger partial charge in [-0.1, -0.05) is 18.7 Å². The summed E-state index contributed by atoms with van der Waals surface area (Å²) >= 11 is 0. The van der Waals surface area contributed by atoms with E-state index in [9.17, 15) is 4.39 Å². The molecule has 11 heavy (non-hydrogen) atoms. The summed E-state index contributed by atoms with van der Waals surface area (Å²) in [4.78, 5) is 0. The second-order valence-electron chi connectivity index (χ2n) is 2.21. The molecule has 0 radical (unpaired) electrons. The fraction of sp³-hybridized carbons (Fsp3) is 0.111. The van der Waals surface area contributed by atoms with Crippen molar-refractivity contribution in [1.29, 1.82) is 0 Å². The molecule has 0 aromatic heterocycles. The van der Waals surface area contributed by atoms with Gasteiger partial charge in [-0.25, -0.2) is 4.39 Å². The summed E-state index contributed by atoms with van der Waals surface area (Å²) in [6.07, 6.45) is 1.70. The van der Waals surface area contributed by atoms with E-state index in [1.54, 1.807) is 25.1 Å². The first-order chi connectivity index (χ1) is 4.74. The fourth-order valence-corrected chi connectivity index (χ4v) is 0.795. The Balaban J connectivity index is 0.000001000. The van der Waals surface area contributed by atoms with E-state index in [-0.39, 0.29) is 10.5 Å². The minimum atomic E-state index is -0.161. The fourth-order valence-electron chi connectivity index (χ4n) is 0.795. The Bertz CT molecular complexity index is 254. The van der Waals surface area contributed by atoms with Crippen LogP contribution >= 0.6 is 0 Å². The summed E-state index contributed by atoms with van der Waals surface area (Å²) in [6, 6.07) is 4.92. The van der Waals surface area contributed by atoms with Crippen molar-refractivity contribution >= 4 is 6.08 Å². The highest BCUT2D eigenvalue weighted by molar-refractivity contribution is 5.47. The first kappa shape index (κ1) is 9.82. The average Bonchev–Trinajstić information content (AvgIpc) is 1.95. The molecule has 0 nitrogen and oxygen atoms in total. The van der Waals surface area contributed by atoms with Gasteiger partial charge in [-0.2, -0.15) is 0 Å². The van der Waals surface area contributed by atoms with Gasteiger partial charge in [-0.05, 0) is 30.2 Å². The molecular formula is C9H10F2. The molecule has 1 rings (SSSR count). The van der Waals surface area contributed by atoms with Crippen LogP contribution in [0.25, 0.3) is 6.08 Å². The van der Waals surface area contributed by atoms with Gasteiger partial charge >= 0.3 is 0 Å². The van der Waals surface area contributed by atoms with Crippen LogP contribution in [0.3, 0.4) is 0 Å². The van der Waals surface area contributed by atoms with Crippen LogP contribution in [0.2, 0.25) is 0 Å². The Kier molecular flexibility index (Phi) is 3.45. The van der Waals surface area contributed by atoms with E-state index in [4.69, 9.17) is 0 Å². The predicted octanol–water partition coefficient (Wildman–Crippen LogP) is 2.93. The van der Waals surface area contributed by atoms with E-state index in [1.165, 1.54) is 6.07 Å². The van der Waals surface area contributed by atoms with Crippen molar-refractivity contribution in [2.24, 2.45) is 0 Å². The van der Waals surface area contributed by atoms with Crippen LogP contribution in [-0.4, -0.2) is 0 Å². The van der Waals surface area contributed by atoms with Crippen LogP contribution in [-0.2, 0) is 0 Å². The van der Waals surface area contributed by atoms with Crippen LogP contribution in [0.15, 0.2) is 24.8 Å². The van der Waals surface area contributed by atoms with E-state index in [0.29, 0.717) is 5.56 Å². The molecule has 0 unspecified atom stereocenters. The summed E-state index contributed by atoms with van der Waals surface area (Å²) in [7, 11) is 0. The number of aryl methyl sites for hydroxylation is 1. The summed E-state index contributed by atoms with van der Waals surface area (Å²) in [5.41, 5.74) is 1.62. The van der Waals surface area contributed by atoms with Gasteiger partial charge in [0.2, 0.25) is 0 Å². The Morgan fingerprint density at radius 2 is 2.09 bits per heavy atom. The maximum atomic E-state index is 12.6. The van der Waals surface area contributed by atoms with Crippen molar-refractivity contribution < 1.29 is 9.09 Å². The lowest BCUT2D eigenvalue weighted by molar-refractivity contribution is 0.618. The molecule has 0 saturated carbocycles. The lowest BCUT2D eigenvalue weighted by Crippen LogP contribution is -1.81. The van der Waals surface area contributed by atoms with E-state index in [0.717, 1.165) is 5.56 Å². The molecule has 2 heteroatoms. The van der Waals surface area contributed by atoms with Gasteiger partial charge in [-0.3, -0.25) is 4.70 Å². The highest BCUT2D eigenvalue weighted by Crippen LogP contribution is 2.09. The van der Waals surface area contributed by atoms with Crippen molar-refractivity contribution in [3.05, 3.63) is 41.7 Å². The number of halogens is 2. The maximum absolute atomic E-state index is 12.6. The number of hydrogen-bond acceptors (Lipinski definition) is 0. The van der Waals surface area contributed by atoms with Gasteiger partial charge < -0.3 is 0 Å². The summed E-state index contributed by atoms with van der Waals surface area (Å²) in [5, 5.41) is 0. The molecule has 0 bridgehead atoms. The third-order valence-electron chi connectivity index (χ3n) is 1.42. The largest absolute Gasteiger partial charge is 0.269 e. The number of hydrogen-bond donors (Lipinski definition) is 0. The van der Waals surface area contributed by atoms with Crippen molar-refractivity contribution in [2.45, 2.75) is 6.92 Å². The van der Waals surface area contributed by atoms with Crippen molar-refractivity contribution in [1.82, 2.24) is 0 Å². The molecular weight excluding hydrogens is 146 g/mol. The molecule has 0 aliphatic heterocycles. The zero-order valence-corrected chi connectivity index (χ0v) is 6.30. The number of benzene rings is 1. The van der Waals surface area contributed by atoms with Gasteiger partial charge in [0, 0.05) is 0 Å². The Morgan fingerprint density at radius 3 is 2.55 bits per heavy atom. The molecule has 0 aliphatic rings. The molecule has 0 atom stereocenters. The molecule has 0 heterocycles. The van der Waals surface area contributed by atoms with Crippen molar-refractivity contribution in [2.75, 3.05) is 0 Å². The van der Waals surface area contributed by atoms with E-state index >= 15 is 0 Å². The molecule has 1 aromatic carbocycles. The zero-order valence-electron chi connectivity index (χ0n) is 6.30. The predicted molar refractivity (Wildman–Crippen MR) is 43.7 cm³/mol. The molecule has 0 N–H and O–H groups in total. The standard InChI is InChI=1S/C9H9F.FH/c1-3-8-4-5-9(10)7(2)6-8;/h3-6H,1H2,2H3;1H. The van der Waals surface area contributed by atoms with Crippen LogP contribution in [0.4, 0.5) is 9.09 Å². The first-order valence-corrected chi connectivity index (χ1v) is 3.12. The van der Waals surface area contributed by atoms with E-state index < -0.39 is 0 Å². The highest BCUT2D eigenvalue weighted by Gasteiger charge is 1.94. The van der Waals surface area contributed by atoms with Crippen LogP contribution in [0.5, 0.6) is 0 Å². The second-order valence-corrected chi connectivity index (χ2v) is 2.21. The SMILES string of the molecule is C=Cc1ccc(F)c(C)c1.F. The van der Waals surface area contributed by atoms with Crippen LogP contribution in [0, 0.1) is 12.7 Å². The van der Waals surface area contributed by atoms with Gasteiger partial charge in [0.15, 0.2) is 0 Å². The number of rotatable bonds is 1. The van der Waals surface area contributed by atoms with Crippen LogP contribution < -0.4 is 0 Å². The lowest BCUT2D eigenvalue weighted by Gasteiger charge is -1.96. The molecule has 1 aromatic rings. The molecule has 0 aliphatic carbocycles. The third kappa shape index (κ3) is 2.15. The Hall–Kier alpha value is -1.18. The second kappa shape index (κ2) is 3.86. The van der Waals surface area contributed by atoms with Gasteiger partial charge in [0.05, 0.1) is 0 Å². The van der Waals surface area contributed by atoms with E-state index in [2.05, 4.69) is 6.58 Å². The normalized spacial score (nSPS) is 8.55. The molecule has 0 fully saturated rings. The van der Waals surface area contributed by atoms with Gasteiger partial charge in [0.1, 0.15) is 5.82 Å². The van der Waals surface area contributed by atoms with Gasteiger partial charge in [-0.15, -0.1) is 0 Å². The van der Waals surface area contributed by atoms with Crippen molar-refractivity contribution in [3.63, 3.8) is 0 Å². The average molecular weight is 156 g/mol. The van der Waals surface area contributed by atoms with Crippen LogP contribution in [0.1, 0.15) is 11.1 Å². The summed E-state index contributed by atoms with van der Waals surface area (Å²) in [6.45, 7) is 5.32. The quantitative estimate of drug-likeness (QED) is 0.586. The maximum Gasteiger partial charge on any atom is 0.126 e. The zero-order chi connectivity index (χ0) is 7.56. The third-order valence-corrected chi connectivity index (χ3v) is 1.42. The Labute approximate surface area is 64.7 Å². The van der Waals surface area contributed by atoms with E-state index in [1.807, 2.05) is 0 Å². The minimum Gasteiger partial charge on any atom is -0.269 e. The monoisotopic (exact) mass is 156 g/mol. The van der Waals surface area contributed by atoms with Gasteiger partial charge in [0.25, 0.3) is 0 Å². The molecule has 0 saturated heterocycles. The summed E-state index contributed by atoms with van der Waals surface area (Å²) < 4.78 is 12.6. The highest BCUT2D eigenvalue weighted by atomic mass is 19.1. The first-order valence-electron chi connectivity index (χ1n) is 3.12. The molecule has 60 valence electrons. The molecule has 0 amide bonds. The Morgan fingerprint density at radius 1 is 1.45 bits per heavy atom. The molecule has 0 spiro atoms. The minimum absolute atomic E-state index is 0. The summed E-state index contributed by atoms with van der Waals surface area (Å²) in [5.74, 6) is -0.161. The topological polar surface area (TPSA) is 0 Å². The lowest BCUT2D eigenvalue weighted by atomic mass is 10.1. The smallest absolute Gasteiger partial charge is 0.126 e. The van der Waals surface area contributed by atoms with Crippen molar-refractivity contribution in [3.8, 4) is 0 Å².